The summed E-state index contributed by atoms with van der Waals surface area (Å²) in [5.74, 6) is -0.0473. The van der Waals surface area contributed by atoms with E-state index in [1.807, 2.05) is 19.1 Å². The Balaban J connectivity index is 1.23. The number of carbonyl (C=O) groups excluding carboxylic acids is 1. The largest absolute Gasteiger partial charge is 0.326 e. The maximum Gasteiger partial charge on any atom is 0.320 e. The first-order valence-electron chi connectivity index (χ1n) is 11.5. The topological polar surface area (TPSA) is 81.8 Å². The smallest absolute Gasteiger partial charge is 0.320 e. The van der Waals surface area contributed by atoms with Crippen LogP contribution in [-0.4, -0.2) is 25.0 Å². The summed E-state index contributed by atoms with van der Waals surface area (Å²) >= 11 is 0. The lowest BCUT2D eigenvalue weighted by Gasteiger charge is -2.10. The number of para-hydroxylation sites is 3. The molecule has 0 aliphatic heterocycles. The van der Waals surface area contributed by atoms with Gasteiger partial charge in [0.05, 0.1) is 28.3 Å². The van der Waals surface area contributed by atoms with Crippen LogP contribution < -0.4 is 10.9 Å². The van der Waals surface area contributed by atoms with Gasteiger partial charge in [0.25, 0.3) is 5.56 Å². The van der Waals surface area contributed by atoms with Gasteiger partial charge in [-0.15, -0.1) is 0 Å². The summed E-state index contributed by atoms with van der Waals surface area (Å²) in [5.41, 5.74) is 3.40. The second-order valence-electron chi connectivity index (χ2n) is 8.52. The van der Waals surface area contributed by atoms with E-state index in [0.717, 1.165) is 10.1 Å². The Bertz CT molecular complexity index is 1620. The summed E-state index contributed by atoms with van der Waals surface area (Å²) in [7, 11) is 0. The Morgan fingerprint density at radius 3 is 2.58 bits per heavy atom. The fourth-order valence-electron chi connectivity index (χ4n) is 4.28. The van der Waals surface area contributed by atoms with E-state index in [0.29, 0.717) is 46.2 Å². The molecule has 0 saturated heterocycles. The van der Waals surface area contributed by atoms with Gasteiger partial charge in [-0.3, -0.25) is 18.7 Å². The number of imidazole rings is 1. The van der Waals surface area contributed by atoms with Crippen molar-refractivity contribution >= 4 is 33.5 Å². The molecule has 1 amide bonds. The predicted molar refractivity (Wildman–Crippen MR) is 135 cm³/mol. The molecule has 5 rings (SSSR count). The summed E-state index contributed by atoms with van der Waals surface area (Å²) in [5, 5.41) is 3.36. The number of fused-ring (bicyclic) bond motifs is 2. The van der Waals surface area contributed by atoms with Crippen LogP contribution in [0.3, 0.4) is 0 Å². The SMILES string of the molecule is Cc1cccc2c(=O)n(CCCC(=O)Nc3ccc(-c4nc5ccccc5n4C(F)F)cc3)cnc12. The van der Waals surface area contributed by atoms with Crippen molar-refractivity contribution < 1.29 is 13.6 Å². The highest BCUT2D eigenvalue weighted by Crippen LogP contribution is 2.30. The molecule has 0 unspecified atom stereocenters. The minimum absolute atomic E-state index is 0.130. The van der Waals surface area contributed by atoms with Gasteiger partial charge in [-0.2, -0.15) is 8.78 Å². The van der Waals surface area contributed by atoms with Crippen molar-refractivity contribution in [3.05, 3.63) is 89.0 Å². The lowest BCUT2D eigenvalue weighted by atomic mass is 10.1. The fourth-order valence-corrected chi connectivity index (χ4v) is 4.28. The lowest BCUT2D eigenvalue weighted by molar-refractivity contribution is -0.116. The maximum atomic E-state index is 13.7. The van der Waals surface area contributed by atoms with Crippen molar-refractivity contribution in [1.82, 2.24) is 19.1 Å². The number of anilines is 1. The van der Waals surface area contributed by atoms with E-state index in [2.05, 4.69) is 15.3 Å². The van der Waals surface area contributed by atoms with Crippen LogP contribution in [0.1, 0.15) is 25.0 Å². The summed E-state index contributed by atoms with van der Waals surface area (Å²) in [4.78, 5) is 33.9. The molecular weight excluding hydrogens is 464 g/mol. The molecule has 9 heteroatoms. The van der Waals surface area contributed by atoms with E-state index >= 15 is 0 Å². The number of aromatic nitrogens is 4. The third-order valence-corrected chi connectivity index (χ3v) is 6.08. The quantitative estimate of drug-likeness (QED) is 0.327. The average Bonchev–Trinajstić information content (AvgIpc) is 3.26. The van der Waals surface area contributed by atoms with Gasteiger partial charge in [0.1, 0.15) is 5.82 Å². The number of nitrogens with zero attached hydrogens (tertiary/aromatic N) is 4. The van der Waals surface area contributed by atoms with Crippen LogP contribution in [0.4, 0.5) is 14.5 Å². The fraction of sp³-hybridized carbons (Fsp3) is 0.185. The van der Waals surface area contributed by atoms with Crippen LogP contribution in [-0.2, 0) is 11.3 Å². The molecule has 3 aromatic carbocycles. The lowest BCUT2D eigenvalue weighted by Crippen LogP contribution is -2.22. The van der Waals surface area contributed by atoms with E-state index in [1.54, 1.807) is 54.6 Å². The number of hydrogen-bond donors (Lipinski definition) is 1. The van der Waals surface area contributed by atoms with Crippen LogP contribution in [0.2, 0.25) is 0 Å². The molecule has 0 bridgehead atoms. The van der Waals surface area contributed by atoms with Crippen LogP contribution in [0.25, 0.3) is 33.3 Å². The molecule has 0 fully saturated rings. The van der Waals surface area contributed by atoms with E-state index in [4.69, 9.17) is 0 Å². The second kappa shape index (κ2) is 9.69. The second-order valence-corrected chi connectivity index (χ2v) is 8.52. The van der Waals surface area contributed by atoms with E-state index in [9.17, 15) is 18.4 Å². The number of hydrogen-bond acceptors (Lipinski definition) is 4. The highest BCUT2D eigenvalue weighted by molar-refractivity contribution is 5.91. The van der Waals surface area contributed by atoms with Gasteiger partial charge in [-0.25, -0.2) is 9.97 Å². The zero-order valence-corrected chi connectivity index (χ0v) is 19.5. The van der Waals surface area contributed by atoms with Crippen molar-refractivity contribution in [1.29, 1.82) is 0 Å². The Kier molecular flexibility index (Phi) is 6.28. The molecule has 2 aromatic heterocycles. The molecule has 0 spiro atoms. The number of aryl methyl sites for hydroxylation is 2. The minimum atomic E-state index is -2.74. The number of benzene rings is 3. The maximum absolute atomic E-state index is 13.7. The molecule has 2 heterocycles. The molecule has 36 heavy (non-hydrogen) atoms. The Morgan fingerprint density at radius 2 is 1.81 bits per heavy atom. The number of nitrogens with one attached hydrogen (secondary N) is 1. The standard InChI is InChI=1S/C27H23F2N5O2/c1-17-6-4-7-20-24(17)30-16-33(26(20)36)15-5-10-23(35)31-19-13-11-18(12-14-19)25-32-21-8-2-3-9-22(21)34(25)27(28)29/h2-4,6-9,11-14,16,27H,5,10,15H2,1H3,(H,31,35). The van der Waals surface area contributed by atoms with Gasteiger partial charge in [-0.05, 0) is 61.4 Å². The highest BCUT2D eigenvalue weighted by atomic mass is 19.3. The van der Waals surface area contributed by atoms with Gasteiger partial charge < -0.3 is 5.32 Å². The van der Waals surface area contributed by atoms with Crippen molar-refractivity contribution in [3.8, 4) is 11.4 Å². The molecular formula is C27H23F2N5O2. The Morgan fingerprint density at radius 1 is 1.03 bits per heavy atom. The molecule has 0 aliphatic rings. The van der Waals surface area contributed by atoms with Crippen LogP contribution in [0.15, 0.2) is 77.9 Å². The molecule has 1 N–H and O–H groups in total. The third-order valence-electron chi connectivity index (χ3n) is 6.08. The minimum Gasteiger partial charge on any atom is -0.326 e. The third kappa shape index (κ3) is 4.47. The first kappa shape index (κ1) is 23.3. The van der Waals surface area contributed by atoms with Gasteiger partial charge in [0.15, 0.2) is 0 Å². The number of amides is 1. The monoisotopic (exact) mass is 487 g/mol. The summed E-state index contributed by atoms with van der Waals surface area (Å²) < 4.78 is 29.9. The number of rotatable bonds is 7. The zero-order chi connectivity index (χ0) is 25.2. The normalized spacial score (nSPS) is 11.4. The number of alkyl halides is 2. The average molecular weight is 488 g/mol. The number of halogens is 2. The molecule has 0 aliphatic carbocycles. The summed E-state index contributed by atoms with van der Waals surface area (Å²) in [6.45, 7) is -0.460. The van der Waals surface area contributed by atoms with Crippen LogP contribution in [0, 0.1) is 6.92 Å². The highest BCUT2D eigenvalue weighted by Gasteiger charge is 2.18. The van der Waals surface area contributed by atoms with E-state index < -0.39 is 6.55 Å². The van der Waals surface area contributed by atoms with Gasteiger partial charge >= 0.3 is 6.55 Å². The first-order chi connectivity index (χ1) is 17.4. The molecule has 0 radical (unpaired) electrons. The Labute approximate surface area is 205 Å². The van der Waals surface area contributed by atoms with Crippen molar-refractivity contribution in [2.75, 3.05) is 5.32 Å². The van der Waals surface area contributed by atoms with Gasteiger partial charge in [-0.1, -0.05) is 24.3 Å². The molecule has 0 atom stereocenters. The van der Waals surface area contributed by atoms with Crippen LogP contribution >= 0.6 is 0 Å². The van der Waals surface area contributed by atoms with E-state index in [1.165, 1.54) is 10.9 Å². The molecule has 0 saturated carbocycles. The van der Waals surface area contributed by atoms with Crippen molar-refractivity contribution in [2.45, 2.75) is 32.9 Å². The van der Waals surface area contributed by atoms with E-state index in [-0.39, 0.29) is 23.7 Å². The predicted octanol–water partition coefficient (Wildman–Crippen LogP) is 5.54. The van der Waals surface area contributed by atoms with Gasteiger partial charge in [0, 0.05) is 24.2 Å². The zero-order valence-electron chi connectivity index (χ0n) is 19.5. The number of carbonyl (C=O) groups is 1. The van der Waals surface area contributed by atoms with Crippen LogP contribution in [0.5, 0.6) is 0 Å². The Hall–Kier alpha value is -4.40. The molecule has 5 aromatic rings. The molecule has 7 nitrogen and oxygen atoms in total. The van der Waals surface area contributed by atoms with Crippen molar-refractivity contribution in [2.24, 2.45) is 0 Å². The van der Waals surface area contributed by atoms with Gasteiger partial charge in [0.2, 0.25) is 5.91 Å². The summed E-state index contributed by atoms with van der Waals surface area (Å²) in [6, 6.07) is 18.8. The summed E-state index contributed by atoms with van der Waals surface area (Å²) in [6.07, 6.45) is 2.18. The molecule has 182 valence electrons. The van der Waals surface area contributed by atoms with Crippen molar-refractivity contribution in [3.63, 3.8) is 0 Å². The first-order valence-corrected chi connectivity index (χ1v) is 11.5.